The molecule has 1 heterocycles. The molecule has 1 fully saturated rings. The van der Waals surface area contributed by atoms with Gasteiger partial charge >= 0.3 is 0 Å². The van der Waals surface area contributed by atoms with E-state index in [0.717, 1.165) is 29.8 Å². The van der Waals surface area contributed by atoms with Crippen molar-refractivity contribution in [3.63, 3.8) is 0 Å². The third-order valence-electron chi connectivity index (χ3n) is 5.47. The number of likely N-dealkylation sites (tertiary alicyclic amines) is 1. The van der Waals surface area contributed by atoms with E-state index in [0.29, 0.717) is 12.1 Å². The molecule has 1 amide bonds. The molecule has 1 saturated heterocycles. The lowest BCUT2D eigenvalue weighted by Crippen LogP contribution is -2.32. The van der Waals surface area contributed by atoms with E-state index in [2.05, 4.69) is 0 Å². The molecule has 1 N–H and O–H groups in total. The predicted octanol–water partition coefficient (Wildman–Crippen LogP) is 4.16. The molecule has 1 aliphatic heterocycles. The fourth-order valence-corrected chi connectivity index (χ4v) is 3.99. The number of hydrogen-bond acceptors (Lipinski definition) is 5. The Labute approximate surface area is 190 Å². The van der Waals surface area contributed by atoms with Crippen LogP contribution in [0.4, 0.5) is 0 Å². The SMILES string of the molecule is Cc1cc(C(O)=C2C(=O)C(=O)N(CCCN(C)C)[C@@H]2c2ccccc2)ccc1OC(C)C. The van der Waals surface area contributed by atoms with Crippen molar-refractivity contribution >= 4 is 17.4 Å². The Balaban J connectivity index is 2.05. The first kappa shape index (κ1) is 23.5. The summed E-state index contributed by atoms with van der Waals surface area (Å²) in [5.41, 5.74) is 2.27. The van der Waals surface area contributed by atoms with Crippen molar-refractivity contribution in [2.45, 2.75) is 39.3 Å². The van der Waals surface area contributed by atoms with Crippen LogP contribution in [0, 0.1) is 6.92 Å². The highest BCUT2D eigenvalue weighted by Crippen LogP contribution is 2.39. The minimum Gasteiger partial charge on any atom is -0.507 e. The van der Waals surface area contributed by atoms with Gasteiger partial charge in [0.05, 0.1) is 17.7 Å². The summed E-state index contributed by atoms with van der Waals surface area (Å²) in [6.07, 6.45) is 0.753. The number of hydrogen-bond donors (Lipinski definition) is 1. The quantitative estimate of drug-likeness (QED) is 0.382. The van der Waals surface area contributed by atoms with Crippen LogP contribution in [-0.4, -0.2) is 59.9 Å². The fourth-order valence-electron chi connectivity index (χ4n) is 3.99. The molecule has 0 aromatic heterocycles. The second kappa shape index (κ2) is 10.0. The van der Waals surface area contributed by atoms with Crippen LogP contribution in [0.1, 0.15) is 43.0 Å². The molecular weight excluding hydrogens is 404 g/mol. The average Bonchev–Trinajstić information content (AvgIpc) is 2.99. The van der Waals surface area contributed by atoms with Gasteiger partial charge in [-0.05, 0) is 77.2 Å². The number of ether oxygens (including phenoxy) is 1. The van der Waals surface area contributed by atoms with Crippen LogP contribution in [0.25, 0.3) is 5.76 Å². The second-order valence-electron chi connectivity index (χ2n) is 8.71. The van der Waals surface area contributed by atoms with Gasteiger partial charge in [0.25, 0.3) is 11.7 Å². The second-order valence-corrected chi connectivity index (χ2v) is 8.71. The molecule has 2 aromatic carbocycles. The Morgan fingerprint density at radius 2 is 1.81 bits per heavy atom. The van der Waals surface area contributed by atoms with E-state index in [1.54, 1.807) is 23.1 Å². The maximum absolute atomic E-state index is 13.1. The van der Waals surface area contributed by atoms with Crippen molar-refractivity contribution < 1.29 is 19.4 Å². The number of aryl methyl sites for hydroxylation is 1. The summed E-state index contributed by atoms with van der Waals surface area (Å²) in [5, 5.41) is 11.2. The number of aliphatic hydroxyl groups is 1. The summed E-state index contributed by atoms with van der Waals surface area (Å²) in [6.45, 7) is 7.01. The summed E-state index contributed by atoms with van der Waals surface area (Å²) in [4.78, 5) is 29.6. The molecule has 0 unspecified atom stereocenters. The van der Waals surface area contributed by atoms with Crippen LogP contribution in [0.3, 0.4) is 0 Å². The first-order chi connectivity index (χ1) is 15.2. The number of carbonyl (C=O) groups excluding carboxylic acids is 2. The van der Waals surface area contributed by atoms with Gasteiger partial charge in [-0.3, -0.25) is 9.59 Å². The lowest BCUT2D eigenvalue weighted by molar-refractivity contribution is -0.139. The van der Waals surface area contributed by atoms with Crippen LogP contribution in [0.5, 0.6) is 5.75 Å². The maximum Gasteiger partial charge on any atom is 0.295 e. The molecule has 0 bridgehead atoms. The summed E-state index contributed by atoms with van der Waals surface area (Å²) < 4.78 is 5.78. The summed E-state index contributed by atoms with van der Waals surface area (Å²) in [7, 11) is 3.94. The molecule has 0 aliphatic carbocycles. The maximum atomic E-state index is 13.1. The summed E-state index contributed by atoms with van der Waals surface area (Å²) in [5.74, 6) is -0.663. The zero-order valence-electron chi connectivity index (χ0n) is 19.5. The molecule has 170 valence electrons. The van der Waals surface area contributed by atoms with Crippen LogP contribution < -0.4 is 4.74 Å². The van der Waals surface area contributed by atoms with Crippen LogP contribution >= 0.6 is 0 Å². The van der Waals surface area contributed by atoms with Crippen LogP contribution in [-0.2, 0) is 9.59 Å². The topological polar surface area (TPSA) is 70.1 Å². The summed E-state index contributed by atoms with van der Waals surface area (Å²) >= 11 is 0. The molecule has 1 aliphatic rings. The van der Waals surface area contributed by atoms with E-state index >= 15 is 0 Å². The van der Waals surface area contributed by atoms with E-state index in [-0.39, 0.29) is 17.4 Å². The van der Waals surface area contributed by atoms with Gasteiger partial charge in [0.15, 0.2) is 0 Å². The molecule has 0 saturated carbocycles. The normalized spacial score (nSPS) is 18.1. The molecule has 32 heavy (non-hydrogen) atoms. The standard InChI is InChI=1S/C26H32N2O4/c1-17(2)32-21-13-12-20(16-18(21)3)24(29)22-23(19-10-7-6-8-11-19)28(26(31)25(22)30)15-9-14-27(4)5/h6-8,10-13,16-17,23,29H,9,14-15H2,1-5H3/t23-/m1/s1. The molecule has 2 aromatic rings. The Morgan fingerprint density at radius 1 is 1.12 bits per heavy atom. The zero-order valence-corrected chi connectivity index (χ0v) is 19.5. The van der Waals surface area contributed by atoms with E-state index in [9.17, 15) is 14.7 Å². The first-order valence-corrected chi connectivity index (χ1v) is 11.0. The number of amides is 1. The number of aliphatic hydroxyl groups excluding tert-OH is 1. The Kier molecular flexibility index (Phi) is 7.36. The highest BCUT2D eigenvalue weighted by Gasteiger charge is 2.45. The molecule has 1 atom stereocenters. The zero-order chi connectivity index (χ0) is 23.4. The number of ketones is 1. The van der Waals surface area contributed by atoms with Gasteiger partial charge in [0, 0.05) is 12.1 Å². The Bertz CT molecular complexity index is 1010. The van der Waals surface area contributed by atoms with Crippen molar-refractivity contribution in [1.82, 2.24) is 9.80 Å². The fraction of sp³-hybridized carbons (Fsp3) is 0.385. The first-order valence-electron chi connectivity index (χ1n) is 11.0. The minimum atomic E-state index is -0.652. The molecule has 6 nitrogen and oxygen atoms in total. The van der Waals surface area contributed by atoms with Crippen molar-refractivity contribution in [1.29, 1.82) is 0 Å². The highest BCUT2D eigenvalue weighted by molar-refractivity contribution is 6.46. The number of Topliss-reactive ketones (excluding diaryl/α,β-unsaturated/α-hetero) is 1. The van der Waals surface area contributed by atoms with Gasteiger partial charge in [0.1, 0.15) is 11.5 Å². The van der Waals surface area contributed by atoms with Gasteiger partial charge < -0.3 is 19.6 Å². The number of carbonyl (C=O) groups is 2. The lowest BCUT2D eigenvalue weighted by atomic mass is 9.95. The van der Waals surface area contributed by atoms with Crippen molar-refractivity contribution in [2.75, 3.05) is 27.2 Å². The number of rotatable bonds is 8. The molecule has 0 spiro atoms. The number of benzene rings is 2. The van der Waals surface area contributed by atoms with E-state index in [4.69, 9.17) is 4.74 Å². The van der Waals surface area contributed by atoms with E-state index < -0.39 is 17.7 Å². The minimum absolute atomic E-state index is 0.0266. The third-order valence-corrected chi connectivity index (χ3v) is 5.47. The van der Waals surface area contributed by atoms with Crippen molar-refractivity contribution in [2.24, 2.45) is 0 Å². The van der Waals surface area contributed by atoms with Gasteiger partial charge in [-0.2, -0.15) is 0 Å². The average molecular weight is 437 g/mol. The Hall–Kier alpha value is -3.12. The van der Waals surface area contributed by atoms with Gasteiger partial charge in [-0.15, -0.1) is 0 Å². The largest absolute Gasteiger partial charge is 0.507 e. The molecule has 3 rings (SSSR count). The highest BCUT2D eigenvalue weighted by atomic mass is 16.5. The number of nitrogens with zero attached hydrogens (tertiary/aromatic N) is 2. The van der Waals surface area contributed by atoms with Crippen LogP contribution in [0.2, 0.25) is 0 Å². The van der Waals surface area contributed by atoms with Gasteiger partial charge in [0.2, 0.25) is 0 Å². The van der Waals surface area contributed by atoms with Crippen molar-refractivity contribution in [3.05, 3.63) is 70.8 Å². The lowest BCUT2D eigenvalue weighted by Gasteiger charge is -2.26. The monoisotopic (exact) mass is 436 g/mol. The third kappa shape index (κ3) is 5.02. The molecule has 6 heteroatoms. The van der Waals surface area contributed by atoms with Gasteiger partial charge in [-0.1, -0.05) is 30.3 Å². The van der Waals surface area contributed by atoms with E-state index in [1.165, 1.54) is 0 Å². The van der Waals surface area contributed by atoms with Crippen molar-refractivity contribution in [3.8, 4) is 5.75 Å². The summed E-state index contributed by atoms with van der Waals surface area (Å²) in [6, 6.07) is 14.1. The smallest absolute Gasteiger partial charge is 0.295 e. The molecule has 0 radical (unpaired) electrons. The van der Waals surface area contributed by atoms with Crippen LogP contribution in [0.15, 0.2) is 54.1 Å². The Morgan fingerprint density at radius 3 is 2.41 bits per heavy atom. The van der Waals surface area contributed by atoms with Gasteiger partial charge in [-0.25, -0.2) is 0 Å². The predicted molar refractivity (Wildman–Crippen MR) is 126 cm³/mol. The molecular formula is C26H32N2O4. The van der Waals surface area contributed by atoms with E-state index in [1.807, 2.05) is 70.1 Å².